The second kappa shape index (κ2) is 44.2. The van der Waals surface area contributed by atoms with Crippen molar-refractivity contribution in [1.29, 1.82) is 0 Å². The molecule has 0 aliphatic rings. The van der Waals surface area contributed by atoms with Gasteiger partial charge in [-0.15, -0.1) is 0 Å². The van der Waals surface area contributed by atoms with Gasteiger partial charge in [-0.05, 0) is 44.9 Å². The number of phosphoric ester groups is 1. The number of carbonyl (C=O) groups is 1. The summed E-state index contributed by atoms with van der Waals surface area (Å²) < 4.78 is 23.2. The average molecular weight is 883 g/mol. The minimum absolute atomic E-state index is 0.000253. The number of amides is 1. The van der Waals surface area contributed by atoms with Crippen LogP contribution in [0.4, 0.5) is 0 Å². The number of nitrogens with zero attached hydrogens (tertiary/aromatic N) is 1. The molecule has 2 N–H and O–H groups in total. The van der Waals surface area contributed by atoms with Gasteiger partial charge in [0.05, 0.1) is 39.9 Å². The molecular formula is C52H103N2O6P. The SMILES string of the molecule is CCCCCCCCCCCC/C=C/C(O)C(COP(=O)([O-])OCC[N+](C)(C)C)NC(=O)CCCCCCCCCCCCC/C=C\CCCCCCCCCCCCCC. The smallest absolute Gasteiger partial charge is 0.268 e. The summed E-state index contributed by atoms with van der Waals surface area (Å²) in [7, 11) is 1.27. The zero-order chi connectivity index (χ0) is 45.0. The molecule has 0 aliphatic carbocycles. The van der Waals surface area contributed by atoms with Gasteiger partial charge in [0.2, 0.25) is 5.91 Å². The van der Waals surface area contributed by atoms with E-state index in [0.29, 0.717) is 17.4 Å². The summed E-state index contributed by atoms with van der Waals surface area (Å²) in [5.74, 6) is -0.197. The second-order valence-corrected chi connectivity index (χ2v) is 20.6. The predicted octanol–water partition coefficient (Wildman–Crippen LogP) is 14.6. The number of carbonyl (C=O) groups excluding carboxylic acids is 1. The minimum Gasteiger partial charge on any atom is -0.756 e. The fraction of sp³-hybridized carbons (Fsp3) is 0.904. The Labute approximate surface area is 379 Å². The van der Waals surface area contributed by atoms with Crippen molar-refractivity contribution in [1.82, 2.24) is 5.32 Å². The van der Waals surface area contributed by atoms with Crippen molar-refractivity contribution in [2.45, 2.75) is 264 Å². The van der Waals surface area contributed by atoms with Crippen LogP contribution < -0.4 is 10.2 Å². The van der Waals surface area contributed by atoms with Gasteiger partial charge in [-0.3, -0.25) is 9.36 Å². The van der Waals surface area contributed by atoms with Gasteiger partial charge in [-0.2, -0.15) is 0 Å². The van der Waals surface area contributed by atoms with Gasteiger partial charge in [-0.25, -0.2) is 0 Å². The number of quaternary nitrogens is 1. The highest BCUT2D eigenvalue weighted by Gasteiger charge is 2.23. The van der Waals surface area contributed by atoms with Crippen molar-refractivity contribution >= 4 is 13.7 Å². The van der Waals surface area contributed by atoms with E-state index in [4.69, 9.17) is 9.05 Å². The molecule has 0 bridgehead atoms. The zero-order valence-electron chi connectivity index (χ0n) is 41.1. The molecule has 0 spiro atoms. The molecule has 0 aromatic heterocycles. The number of hydrogen-bond donors (Lipinski definition) is 2. The first-order chi connectivity index (χ1) is 29.5. The van der Waals surface area contributed by atoms with Crippen LogP contribution in [0.2, 0.25) is 0 Å². The lowest BCUT2D eigenvalue weighted by molar-refractivity contribution is -0.870. The summed E-state index contributed by atoms with van der Waals surface area (Å²) in [5, 5.41) is 13.8. The fourth-order valence-corrected chi connectivity index (χ4v) is 8.46. The lowest BCUT2D eigenvalue weighted by Crippen LogP contribution is -2.45. The number of nitrogens with one attached hydrogen (secondary N) is 1. The normalized spacial score (nSPS) is 14.3. The summed E-state index contributed by atoms with van der Waals surface area (Å²) in [6, 6.07) is -0.883. The van der Waals surface area contributed by atoms with Crippen molar-refractivity contribution in [2.24, 2.45) is 0 Å². The number of hydrogen-bond acceptors (Lipinski definition) is 6. The molecule has 0 rings (SSSR count). The molecule has 3 unspecified atom stereocenters. The maximum atomic E-state index is 12.9. The van der Waals surface area contributed by atoms with Crippen LogP contribution in [0.15, 0.2) is 24.3 Å². The van der Waals surface area contributed by atoms with Crippen LogP contribution in [0.1, 0.15) is 251 Å². The summed E-state index contributed by atoms with van der Waals surface area (Å²) in [6.07, 6.45) is 53.9. The van der Waals surface area contributed by atoms with Crippen LogP contribution in [-0.2, 0) is 18.4 Å². The van der Waals surface area contributed by atoms with Crippen LogP contribution in [0.25, 0.3) is 0 Å². The first-order valence-electron chi connectivity index (χ1n) is 26.2. The maximum absolute atomic E-state index is 12.9. The molecule has 1 amide bonds. The summed E-state index contributed by atoms with van der Waals surface area (Å²) in [4.78, 5) is 25.4. The molecule has 0 saturated heterocycles. The molecule has 61 heavy (non-hydrogen) atoms. The largest absolute Gasteiger partial charge is 0.756 e. The van der Waals surface area contributed by atoms with E-state index in [-0.39, 0.29) is 19.1 Å². The van der Waals surface area contributed by atoms with Crippen LogP contribution in [0, 0.1) is 0 Å². The van der Waals surface area contributed by atoms with E-state index in [9.17, 15) is 19.4 Å². The lowest BCUT2D eigenvalue weighted by Gasteiger charge is -2.29. The van der Waals surface area contributed by atoms with Crippen molar-refractivity contribution in [3.8, 4) is 0 Å². The lowest BCUT2D eigenvalue weighted by atomic mass is 10.0. The molecule has 0 aromatic carbocycles. The standard InChI is InChI=1S/C52H103N2O6P/c1-6-8-10-12-14-16-18-20-21-22-23-24-25-26-27-28-29-30-31-32-33-34-36-38-40-42-44-46-52(56)53-50(49-60-61(57,58)59-48-47-54(3,4)5)51(55)45-43-41-39-37-35-19-17-15-13-11-9-7-2/h26-27,43,45,50-51,55H,6-25,28-42,44,46-49H2,1-5H3,(H-,53,56,57,58)/b27-26-,45-43+. The predicted molar refractivity (Wildman–Crippen MR) is 261 cm³/mol. The molecule has 0 aromatic rings. The molecular weight excluding hydrogens is 780 g/mol. The monoisotopic (exact) mass is 883 g/mol. The molecule has 0 saturated carbocycles. The van der Waals surface area contributed by atoms with Crippen molar-refractivity contribution in [3.63, 3.8) is 0 Å². The van der Waals surface area contributed by atoms with Crippen LogP contribution in [0.3, 0.4) is 0 Å². The Morgan fingerprint density at radius 1 is 0.557 bits per heavy atom. The van der Waals surface area contributed by atoms with Gasteiger partial charge in [0.15, 0.2) is 0 Å². The topological polar surface area (TPSA) is 108 Å². The first-order valence-corrected chi connectivity index (χ1v) is 27.7. The van der Waals surface area contributed by atoms with Crippen LogP contribution in [-0.4, -0.2) is 68.5 Å². The van der Waals surface area contributed by atoms with E-state index in [1.807, 2.05) is 27.2 Å². The van der Waals surface area contributed by atoms with E-state index in [1.165, 1.54) is 193 Å². The van der Waals surface area contributed by atoms with E-state index in [2.05, 4.69) is 31.3 Å². The minimum atomic E-state index is -4.59. The number of aliphatic hydroxyl groups excluding tert-OH is 1. The molecule has 0 fully saturated rings. The molecule has 0 aliphatic heterocycles. The highest BCUT2D eigenvalue weighted by molar-refractivity contribution is 7.45. The molecule has 0 radical (unpaired) electrons. The van der Waals surface area contributed by atoms with Gasteiger partial charge in [0.25, 0.3) is 7.82 Å². The molecule has 3 atom stereocenters. The van der Waals surface area contributed by atoms with Gasteiger partial charge >= 0.3 is 0 Å². The molecule has 362 valence electrons. The first kappa shape index (κ1) is 60.0. The zero-order valence-corrected chi connectivity index (χ0v) is 42.0. The number of allylic oxidation sites excluding steroid dienone is 3. The molecule has 8 nitrogen and oxygen atoms in total. The number of likely N-dealkylation sites (N-methyl/N-ethyl adjacent to an activating group) is 1. The van der Waals surface area contributed by atoms with Gasteiger partial charge in [0, 0.05) is 6.42 Å². The number of aliphatic hydroxyl groups is 1. The summed E-state index contributed by atoms with van der Waals surface area (Å²) >= 11 is 0. The van der Waals surface area contributed by atoms with Crippen molar-refractivity contribution in [3.05, 3.63) is 24.3 Å². The van der Waals surface area contributed by atoms with Gasteiger partial charge in [-0.1, -0.05) is 224 Å². The fourth-order valence-electron chi connectivity index (χ4n) is 7.74. The van der Waals surface area contributed by atoms with Crippen molar-refractivity contribution in [2.75, 3.05) is 40.9 Å². The van der Waals surface area contributed by atoms with E-state index >= 15 is 0 Å². The Morgan fingerprint density at radius 2 is 0.902 bits per heavy atom. The Balaban J connectivity index is 4.12. The number of unbranched alkanes of at least 4 members (excludes halogenated alkanes) is 33. The molecule has 9 heteroatoms. The third-order valence-electron chi connectivity index (χ3n) is 11.9. The van der Waals surface area contributed by atoms with Gasteiger partial charge in [0.1, 0.15) is 13.2 Å². The third kappa shape index (κ3) is 46.8. The Hall–Kier alpha value is -1.02. The van der Waals surface area contributed by atoms with E-state index < -0.39 is 20.0 Å². The van der Waals surface area contributed by atoms with Crippen LogP contribution >= 0.6 is 7.82 Å². The maximum Gasteiger partial charge on any atom is 0.268 e. The average Bonchev–Trinajstić information content (AvgIpc) is 3.21. The molecule has 0 heterocycles. The number of rotatable bonds is 48. The summed E-state index contributed by atoms with van der Waals surface area (Å²) in [5.41, 5.74) is 0. The van der Waals surface area contributed by atoms with E-state index in [1.54, 1.807) is 6.08 Å². The highest BCUT2D eigenvalue weighted by Crippen LogP contribution is 2.38. The Morgan fingerprint density at radius 3 is 1.28 bits per heavy atom. The summed E-state index contributed by atoms with van der Waals surface area (Å²) in [6.45, 7) is 4.66. The highest BCUT2D eigenvalue weighted by atomic mass is 31.2. The second-order valence-electron chi connectivity index (χ2n) is 19.2. The van der Waals surface area contributed by atoms with E-state index in [0.717, 1.165) is 38.5 Å². The number of phosphoric acid groups is 1. The van der Waals surface area contributed by atoms with Gasteiger partial charge < -0.3 is 28.8 Å². The quantitative estimate of drug-likeness (QED) is 0.0273. The third-order valence-corrected chi connectivity index (χ3v) is 12.9. The van der Waals surface area contributed by atoms with Crippen molar-refractivity contribution < 1.29 is 32.9 Å². The Bertz CT molecular complexity index is 1050. The Kier molecular flexibility index (Phi) is 43.5. The van der Waals surface area contributed by atoms with Crippen LogP contribution in [0.5, 0.6) is 0 Å².